The molecule has 9 nitrogen and oxygen atoms in total. The third-order valence-corrected chi connectivity index (χ3v) is 8.00. The number of benzene rings is 1. The number of carboxylic acids is 2. The van der Waals surface area contributed by atoms with E-state index in [2.05, 4.69) is 24.6 Å². The van der Waals surface area contributed by atoms with Gasteiger partial charge < -0.3 is 20.4 Å². The van der Waals surface area contributed by atoms with E-state index >= 15 is 0 Å². The molecule has 35 heavy (non-hydrogen) atoms. The molecule has 4 saturated carbocycles. The monoisotopic (exact) mass is 486 g/mol. The first-order chi connectivity index (χ1) is 16.4. The number of amides is 2. The number of aromatic carboxylic acids is 1. The molecular weight excluding hydrogens is 452 g/mol. The lowest BCUT2D eigenvalue weighted by Gasteiger charge is -2.65. The lowest BCUT2D eigenvalue weighted by Crippen LogP contribution is -2.65. The molecule has 0 spiro atoms. The Hall–Kier alpha value is -3.10. The SMILES string of the molecule is CC12CC3CC(C)(C1)CC(NC(=O)ONC(=O)CCC(Cc1ccc(C(=O)O)cc1)C(=O)O)(C3)C2. The number of hydroxylamine groups is 1. The van der Waals surface area contributed by atoms with Gasteiger partial charge in [-0.15, -0.1) is 0 Å². The Bertz CT molecular complexity index is 1000. The predicted octanol–water partition coefficient (Wildman–Crippen LogP) is 3.91. The van der Waals surface area contributed by atoms with Crippen LogP contribution in [-0.2, 0) is 20.8 Å². The molecule has 2 amide bonds. The Labute approximate surface area is 204 Å². The zero-order valence-electron chi connectivity index (χ0n) is 20.3. The lowest BCUT2D eigenvalue weighted by atomic mass is 9.43. The fraction of sp³-hybridized carbons (Fsp3) is 0.615. The maximum atomic E-state index is 12.5. The molecule has 3 unspecified atom stereocenters. The molecule has 0 heterocycles. The standard InChI is InChI=1S/C26H34N2O7/c1-24-10-17-11-25(2,13-24)15-26(12-17,14-24)27-23(34)35-28-20(29)8-7-19(22(32)33)9-16-3-5-18(6-4-16)21(30)31/h3-6,17,19H,7-15H2,1-2H3,(H,27,34)(H,28,29)(H,30,31)(H,32,33). The first kappa shape index (κ1) is 25.0. The van der Waals surface area contributed by atoms with Gasteiger partial charge in [0.15, 0.2) is 0 Å². The van der Waals surface area contributed by atoms with Crippen LogP contribution in [0.2, 0.25) is 0 Å². The zero-order chi connectivity index (χ0) is 25.4. The predicted molar refractivity (Wildman–Crippen MR) is 125 cm³/mol. The third kappa shape index (κ3) is 5.77. The summed E-state index contributed by atoms with van der Waals surface area (Å²) in [5.74, 6) is -2.92. The Morgan fingerprint density at radius 3 is 2.17 bits per heavy atom. The van der Waals surface area contributed by atoms with Crippen molar-refractivity contribution < 1.29 is 34.2 Å². The van der Waals surface area contributed by atoms with Crippen LogP contribution in [0.3, 0.4) is 0 Å². The fourth-order valence-electron chi connectivity index (χ4n) is 7.67. The minimum Gasteiger partial charge on any atom is -0.481 e. The molecule has 4 bridgehead atoms. The smallest absolute Gasteiger partial charge is 0.431 e. The average molecular weight is 487 g/mol. The van der Waals surface area contributed by atoms with Gasteiger partial charge in [-0.25, -0.2) is 9.59 Å². The summed E-state index contributed by atoms with van der Waals surface area (Å²) in [6.45, 7) is 4.61. The maximum absolute atomic E-state index is 12.5. The van der Waals surface area contributed by atoms with Crippen LogP contribution in [0.25, 0.3) is 0 Å². The van der Waals surface area contributed by atoms with Crippen LogP contribution in [0.15, 0.2) is 24.3 Å². The molecule has 1 aromatic rings. The maximum Gasteiger partial charge on any atom is 0.431 e. The molecule has 0 aromatic heterocycles. The van der Waals surface area contributed by atoms with Crippen molar-refractivity contribution in [1.29, 1.82) is 0 Å². The van der Waals surface area contributed by atoms with Gasteiger partial charge in [0.05, 0.1) is 11.5 Å². The number of nitrogens with one attached hydrogen (secondary N) is 2. The molecule has 9 heteroatoms. The van der Waals surface area contributed by atoms with Crippen molar-refractivity contribution >= 4 is 23.9 Å². The first-order valence-electron chi connectivity index (χ1n) is 12.2. The van der Waals surface area contributed by atoms with Crippen LogP contribution in [-0.4, -0.2) is 39.7 Å². The molecular formula is C26H34N2O7. The minimum absolute atomic E-state index is 0.0507. The summed E-state index contributed by atoms with van der Waals surface area (Å²) in [4.78, 5) is 52.4. The number of hydrogen-bond acceptors (Lipinski definition) is 5. The van der Waals surface area contributed by atoms with E-state index in [4.69, 9.17) is 9.94 Å². The van der Waals surface area contributed by atoms with E-state index in [1.807, 2.05) is 0 Å². The van der Waals surface area contributed by atoms with Crippen LogP contribution in [0.4, 0.5) is 4.79 Å². The van der Waals surface area contributed by atoms with Gasteiger partial charge in [-0.1, -0.05) is 26.0 Å². The van der Waals surface area contributed by atoms with Gasteiger partial charge in [-0.3, -0.25) is 9.59 Å². The van der Waals surface area contributed by atoms with E-state index in [1.54, 1.807) is 12.1 Å². The topological polar surface area (TPSA) is 142 Å². The van der Waals surface area contributed by atoms with Crippen LogP contribution in [0, 0.1) is 22.7 Å². The van der Waals surface area contributed by atoms with Crippen molar-refractivity contribution in [2.75, 3.05) is 0 Å². The van der Waals surface area contributed by atoms with Gasteiger partial charge in [0, 0.05) is 12.0 Å². The number of carboxylic acid groups (broad SMARTS) is 2. The summed E-state index contributed by atoms with van der Waals surface area (Å²) in [7, 11) is 0. The van der Waals surface area contributed by atoms with Crippen LogP contribution in [0.1, 0.15) is 81.1 Å². The molecule has 3 atom stereocenters. The van der Waals surface area contributed by atoms with Gasteiger partial charge in [0.1, 0.15) is 0 Å². The molecule has 4 fully saturated rings. The highest BCUT2D eigenvalue weighted by Gasteiger charge is 2.60. The quantitative estimate of drug-likeness (QED) is 0.408. The molecule has 1 aromatic carbocycles. The number of rotatable bonds is 8. The highest BCUT2D eigenvalue weighted by atomic mass is 16.7. The second kappa shape index (κ2) is 9.17. The summed E-state index contributed by atoms with van der Waals surface area (Å²) >= 11 is 0. The highest BCUT2D eigenvalue weighted by Crippen LogP contribution is 2.66. The van der Waals surface area contributed by atoms with Gasteiger partial charge in [-0.05, 0) is 85.8 Å². The van der Waals surface area contributed by atoms with Gasteiger partial charge >= 0.3 is 18.0 Å². The normalized spacial score (nSPS) is 31.4. The van der Waals surface area contributed by atoms with E-state index in [1.165, 1.54) is 31.4 Å². The second-order valence-electron chi connectivity index (χ2n) is 11.7. The van der Waals surface area contributed by atoms with E-state index in [0.29, 0.717) is 11.5 Å². The Morgan fingerprint density at radius 2 is 1.63 bits per heavy atom. The zero-order valence-corrected chi connectivity index (χ0v) is 20.3. The van der Waals surface area contributed by atoms with Gasteiger partial charge in [-0.2, -0.15) is 5.48 Å². The average Bonchev–Trinajstić information content (AvgIpc) is 2.72. The molecule has 0 aliphatic heterocycles. The summed E-state index contributed by atoms with van der Waals surface area (Å²) in [5.41, 5.74) is 3.09. The molecule has 4 aliphatic rings. The highest BCUT2D eigenvalue weighted by molar-refractivity contribution is 5.87. The molecule has 4 aliphatic carbocycles. The minimum atomic E-state index is -1.06. The fourth-order valence-corrected chi connectivity index (χ4v) is 7.67. The second-order valence-corrected chi connectivity index (χ2v) is 11.7. The van der Waals surface area contributed by atoms with E-state index in [9.17, 15) is 24.3 Å². The van der Waals surface area contributed by atoms with E-state index in [-0.39, 0.29) is 41.2 Å². The van der Waals surface area contributed by atoms with Crippen LogP contribution >= 0.6 is 0 Å². The largest absolute Gasteiger partial charge is 0.481 e. The van der Waals surface area contributed by atoms with Crippen molar-refractivity contribution in [2.24, 2.45) is 22.7 Å². The number of aliphatic carboxylic acids is 1. The van der Waals surface area contributed by atoms with E-state index < -0.39 is 29.9 Å². The van der Waals surface area contributed by atoms with Crippen molar-refractivity contribution in [1.82, 2.24) is 10.8 Å². The summed E-state index contributed by atoms with van der Waals surface area (Å²) in [6.07, 6.45) is 5.77. The van der Waals surface area contributed by atoms with Gasteiger partial charge in [0.2, 0.25) is 0 Å². The van der Waals surface area contributed by atoms with Crippen molar-refractivity contribution in [3.63, 3.8) is 0 Å². The van der Waals surface area contributed by atoms with Crippen molar-refractivity contribution in [2.45, 2.75) is 77.2 Å². The van der Waals surface area contributed by atoms with Crippen molar-refractivity contribution in [3.05, 3.63) is 35.4 Å². The summed E-state index contributed by atoms with van der Waals surface area (Å²) < 4.78 is 0. The number of carbonyl (C=O) groups is 4. The number of hydrogen-bond donors (Lipinski definition) is 4. The number of carbonyl (C=O) groups excluding carboxylic acids is 2. The Balaban J connectivity index is 1.24. The van der Waals surface area contributed by atoms with E-state index in [0.717, 1.165) is 19.3 Å². The first-order valence-corrected chi connectivity index (χ1v) is 12.2. The summed E-state index contributed by atoms with van der Waals surface area (Å²) in [5, 5.41) is 21.5. The lowest BCUT2D eigenvalue weighted by molar-refractivity contribution is -0.142. The van der Waals surface area contributed by atoms with Crippen molar-refractivity contribution in [3.8, 4) is 0 Å². The Kier molecular flexibility index (Phi) is 6.55. The van der Waals surface area contributed by atoms with Crippen LogP contribution < -0.4 is 10.8 Å². The molecule has 4 N–H and O–H groups in total. The molecule has 5 rings (SSSR count). The molecule has 0 saturated heterocycles. The Morgan fingerprint density at radius 1 is 1.00 bits per heavy atom. The molecule has 190 valence electrons. The van der Waals surface area contributed by atoms with Gasteiger partial charge in [0.25, 0.3) is 5.91 Å². The third-order valence-electron chi connectivity index (χ3n) is 8.00. The van der Waals surface area contributed by atoms with Crippen LogP contribution in [0.5, 0.6) is 0 Å². The molecule has 0 radical (unpaired) electrons. The summed E-state index contributed by atoms with van der Waals surface area (Å²) in [6, 6.07) is 5.97.